The zero-order valence-electron chi connectivity index (χ0n) is 8.11. The summed E-state index contributed by atoms with van der Waals surface area (Å²) >= 11 is 0. The van der Waals surface area contributed by atoms with Gasteiger partial charge < -0.3 is 5.73 Å². The van der Waals surface area contributed by atoms with Crippen molar-refractivity contribution in [1.29, 1.82) is 0 Å². The summed E-state index contributed by atoms with van der Waals surface area (Å²) in [5, 5.41) is 0. The fourth-order valence-electron chi connectivity index (χ4n) is 1.42. The summed E-state index contributed by atoms with van der Waals surface area (Å²) in [7, 11) is 0. The van der Waals surface area contributed by atoms with Gasteiger partial charge in [0.2, 0.25) is 0 Å². The minimum absolute atomic E-state index is 0.0926. The maximum atomic E-state index is 12.8. The van der Waals surface area contributed by atoms with Crippen molar-refractivity contribution in [2.45, 2.75) is 19.0 Å². The van der Waals surface area contributed by atoms with E-state index in [4.69, 9.17) is 5.73 Å². The van der Waals surface area contributed by atoms with Crippen molar-refractivity contribution in [1.82, 2.24) is 0 Å². The van der Waals surface area contributed by atoms with Crippen molar-refractivity contribution >= 4 is 0 Å². The lowest BCUT2D eigenvalue weighted by Crippen LogP contribution is -2.28. The van der Waals surface area contributed by atoms with Gasteiger partial charge in [0.05, 0.1) is 5.92 Å². The summed E-state index contributed by atoms with van der Waals surface area (Å²) in [4.78, 5) is 0. The van der Waals surface area contributed by atoms with E-state index >= 15 is 0 Å². The fourth-order valence-corrected chi connectivity index (χ4v) is 1.42. The molecule has 0 aliphatic carbocycles. The highest BCUT2D eigenvalue weighted by atomic mass is 19.4. The first-order chi connectivity index (χ1) is 6.86. The van der Waals surface area contributed by atoms with Crippen molar-refractivity contribution < 1.29 is 17.6 Å². The monoisotopic (exact) mass is 221 g/mol. The van der Waals surface area contributed by atoms with Crippen LogP contribution in [-0.2, 0) is 0 Å². The van der Waals surface area contributed by atoms with E-state index < -0.39 is 24.5 Å². The Balaban J connectivity index is 3.18. The molecule has 15 heavy (non-hydrogen) atoms. The number of hydrogen-bond donors (Lipinski definition) is 1. The molecule has 1 nitrogen and oxygen atoms in total. The van der Waals surface area contributed by atoms with Gasteiger partial charge in [0.15, 0.2) is 0 Å². The molecule has 1 aromatic rings. The number of hydrogen-bond acceptors (Lipinski definition) is 1. The van der Waals surface area contributed by atoms with E-state index in [9.17, 15) is 17.6 Å². The van der Waals surface area contributed by atoms with Crippen LogP contribution in [0, 0.1) is 12.7 Å². The average molecular weight is 221 g/mol. The molecule has 1 unspecified atom stereocenters. The Morgan fingerprint density at radius 3 is 2.40 bits per heavy atom. The zero-order chi connectivity index (χ0) is 11.6. The lowest BCUT2D eigenvalue weighted by atomic mass is 9.94. The van der Waals surface area contributed by atoms with Gasteiger partial charge in [0.25, 0.3) is 0 Å². The number of benzene rings is 1. The maximum absolute atomic E-state index is 12.8. The van der Waals surface area contributed by atoms with E-state index in [1.54, 1.807) is 0 Å². The van der Waals surface area contributed by atoms with E-state index in [1.165, 1.54) is 13.0 Å². The summed E-state index contributed by atoms with van der Waals surface area (Å²) in [6.07, 6.45) is -4.44. The molecule has 0 aliphatic heterocycles. The van der Waals surface area contributed by atoms with Gasteiger partial charge in [-0.25, -0.2) is 4.39 Å². The third-order valence-electron chi connectivity index (χ3n) is 2.25. The van der Waals surface area contributed by atoms with Crippen LogP contribution in [0.4, 0.5) is 17.6 Å². The summed E-state index contributed by atoms with van der Waals surface area (Å²) in [6.45, 7) is 0.928. The summed E-state index contributed by atoms with van der Waals surface area (Å²) < 4.78 is 50.4. The number of nitrogens with two attached hydrogens (primary N) is 1. The van der Waals surface area contributed by atoms with Crippen LogP contribution < -0.4 is 5.73 Å². The van der Waals surface area contributed by atoms with Crippen LogP contribution in [0.5, 0.6) is 0 Å². The van der Waals surface area contributed by atoms with Crippen molar-refractivity contribution in [3.8, 4) is 0 Å². The van der Waals surface area contributed by atoms with Crippen molar-refractivity contribution in [3.05, 3.63) is 35.1 Å². The predicted octanol–water partition coefficient (Wildman–Crippen LogP) is 2.74. The molecule has 0 radical (unpaired) electrons. The first kappa shape index (κ1) is 12.0. The fraction of sp³-hybridized carbons (Fsp3) is 0.400. The summed E-state index contributed by atoms with van der Waals surface area (Å²) in [6, 6.07) is 3.34. The van der Waals surface area contributed by atoms with Crippen molar-refractivity contribution in [2.75, 3.05) is 6.54 Å². The summed E-state index contributed by atoms with van der Waals surface area (Å²) in [5.41, 5.74) is 5.37. The van der Waals surface area contributed by atoms with Crippen LogP contribution in [-0.4, -0.2) is 12.7 Å². The summed E-state index contributed by atoms with van der Waals surface area (Å²) in [5.74, 6) is -2.48. The van der Waals surface area contributed by atoms with E-state index in [0.29, 0.717) is 5.56 Å². The standard InChI is InChI=1S/C10H11F4N/c1-6-2-3-7(11)4-8(6)9(5-15)10(12,13)14/h2-4,9H,5,15H2,1H3. The van der Waals surface area contributed by atoms with Crippen molar-refractivity contribution in [3.63, 3.8) is 0 Å². The van der Waals surface area contributed by atoms with Gasteiger partial charge in [-0.15, -0.1) is 0 Å². The van der Waals surface area contributed by atoms with Crippen LogP contribution >= 0.6 is 0 Å². The minimum Gasteiger partial charge on any atom is -0.330 e. The molecule has 0 bridgehead atoms. The first-order valence-electron chi connectivity index (χ1n) is 4.39. The van der Waals surface area contributed by atoms with E-state index in [1.807, 2.05) is 0 Å². The maximum Gasteiger partial charge on any atom is 0.396 e. The van der Waals surface area contributed by atoms with Gasteiger partial charge in [-0.2, -0.15) is 13.2 Å². The molecular weight excluding hydrogens is 210 g/mol. The Morgan fingerprint density at radius 2 is 1.93 bits per heavy atom. The third kappa shape index (κ3) is 2.68. The number of alkyl halides is 3. The smallest absolute Gasteiger partial charge is 0.330 e. The number of rotatable bonds is 2. The third-order valence-corrected chi connectivity index (χ3v) is 2.25. The largest absolute Gasteiger partial charge is 0.396 e. The molecule has 5 heteroatoms. The normalized spacial score (nSPS) is 14.0. The molecule has 1 rings (SSSR count). The second-order valence-corrected chi connectivity index (χ2v) is 3.33. The molecule has 0 saturated carbocycles. The predicted molar refractivity (Wildman–Crippen MR) is 49.0 cm³/mol. The van der Waals surface area contributed by atoms with E-state index in [2.05, 4.69) is 0 Å². The second kappa shape index (κ2) is 4.18. The van der Waals surface area contributed by atoms with Crippen LogP contribution in [0.2, 0.25) is 0 Å². The van der Waals surface area contributed by atoms with Gasteiger partial charge in [-0.3, -0.25) is 0 Å². The van der Waals surface area contributed by atoms with Crippen LogP contribution in [0.15, 0.2) is 18.2 Å². The Bertz CT molecular complexity index is 346. The SMILES string of the molecule is Cc1ccc(F)cc1C(CN)C(F)(F)F. The first-order valence-corrected chi connectivity index (χ1v) is 4.39. The highest BCUT2D eigenvalue weighted by Crippen LogP contribution is 2.35. The Kier molecular flexibility index (Phi) is 3.34. The second-order valence-electron chi connectivity index (χ2n) is 3.33. The van der Waals surface area contributed by atoms with E-state index in [-0.39, 0.29) is 5.56 Å². The Morgan fingerprint density at radius 1 is 1.33 bits per heavy atom. The van der Waals surface area contributed by atoms with Gasteiger partial charge in [-0.1, -0.05) is 6.07 Å². The molecule has 2 N–H and O–H groups in total. The van der Waals surface area contributed by atoms with Crippen molar-refractivity contribution in [2.24, 2.45) is 5.73 Å². The van der Waals surface area contributed by atoms with Gasteiger partial charge >= 0.3 is 6.18 Å². The van der Waals surface area contributed by atoms with Gasteiger partial charge in [0, 0.05) is 6.54 Å². The Labute approximate surface area is 84.9 Å². The molecule has 0 heterocycles. The molecule has 1 aromatic carbocycles. The topological polar surface area (TPSA) is 26.0 Å². The molecule has 1 atom stereocenters. The quantitative estimate of drug-likeness (QED) is 0.763. The molecule has 0 saturated heterocycles. The minimum atomic E-state index is -4.44. The van der Waals surface area contributed by atoms with Crippen LogP contribution in [0.3, 0.4) is 0 Å². The van der Waals surface area contributed by atoms with Crippen LogP contribution in [0.25, 0.3) is 0 Å². The van der Waals surface area contributed by atoms with Gasteiger partial charge in [-0.05, 0) is 30.2 Å². The highest BCUT2D eigenvalue weighted by Gasteiger charge is 2.40. The highest BCUT2D eigenvalue weighted by molar-refractivity contribution is 5.31. The molecule has 84 valence electrons. The molecule has 0 aliphatic rings. The molecule has 0 amide bonds. The zero-order valence-corrected chi connectivity index (χ0v) is 8.11. The number of halogens is 4. The molecule has 0 aromatic heterocycles. The molecule has 0 fully saturated rings. The van der Waals surface area contributed by atoms with Crippen LogP contribution in [0.1, 0.15) is 17.0 Å². The average Bonchev–Trinajstić information content (AvgIpc) is 2.10. The molecular formula is C10H11F4N. The number of aryl methyl sites for hydroxylation is 1. The lowest BCUT2D eigenvalue weighted by molar-refractivity contribution is -0.148. The Hall–Kier alpha value is -1.10. The molecule has 0 spiro atoms. The lowest BCUT2D eigenvalue weighted by Gasteiger charge is -2.20. The van der Waals surface area contributed by atoms with Gasteiger partial charge in [0.1, 0.15) is 5.82 Å². The van der Waals surface area contributed by atoms with E-state index in [0.717, 1.165) is 12.1 Å².